The number of benzene rings is 4. The number of hydrogen-bond donors (Lipinski definition) is 0. The predicted octanol–water partition coefficient (Wildman–Crippen LogP) is 7.35. The molecule has 4 rings (SSSR count). The summed E-state index contributed by atoms with van der Waals surface area (Å²) >= 11 is 0. The zero-order valence-corrected chi connectivity index (χ0v) is 27.8. The van der Waals surface area contributed by atoms with Gasteiger partial charge < -0.3 is 9.11 Å². The Kier molecular flexibility index (Phi) is 14.7. The molecule has 0 fully saturated rings. The molecule has 0 N–H and O–H groups in total. The van der Waals surface area contributed by atoms with Crippen molar-refractivity contribution in [1.29, 1.82) is 0 Å². The fourth-order valence-corrected chi connectivity index (χ4v) is 6.57. The van der Waals surface area contributed by atoms with Crippen molar-refractivity contribution in [3.05, 3.63) is 83.9 Å². The van der Waals surface area contributed by atoms with Crippen molar-refractivity contribution in [2.24, 2.45) is 0 Å². The number of aryl methyl sites for hydroxylation is 2. The van der Waals surface area contributed by atoms with E-state index in [1.165, 1.54) is 12.1 Å². The molecule has 6 nitrogen and oxygen atoms in total. The summed E-state index contributed by atoms with van der Waals surface area (Å²) in [6, 6.07) is 21.5. The summed E-state index contributed by atoms with van der Waals surface area (Å²) in [5, 5.41) is 3.71. The van der Waals surface area contributed by atoms with E-state index in [0.29, 0.717) is 24.0 Å². The van der Waals surface area contributed by atoms with E-state index in [4.69, 9.17) is 0 Å². The summed E-state index contributed by atoms with van der Waals surface area (Å²) in [5.74, 6) is 0. The summed E-state index contributed by atoms with van der Waals surface area (Å²) in [6.07, 6.45) is 9.71. The van der Waals surface area contributed by atoms with E-state index >= 15 is 0 Å². The van der Waals surface area contributed by atoms with Gasteiger partial charge in [-0.3, -0.25) is 0 Å². The molecule has 41 heavy (non-hydrogen) atoms. The quantitative estimate of drug-likeness (QED) is 0.0927. The van der Waals surface area contributed by atoms with E-state index in [1.54, 1.807) is 12.1 Å². The van der Waals surface area contributed by atoms with Crippen molar-refractivity contribution < 1.29 is 25.9 Å². The SMILES string of the molecule is CCCCCCc1c(S(=O)(=O)[O-])ccc2ccccc12.CCCCCCc1c(S(=O)(=O)[O-])ccc2ccccc12.[Ca+2]. The van der Waals surface area contributed by atoms with Gasteiger partial charge in [0.25, 0.3) is 0 Å². The molecular formula is C32H38CaO6S2. The molecule has 0 bridgehead atoms. The molecule has 0 unspecified atom stereocenters. The summed E-state index contributed by atoms with van der Waals surface area (Å²) in [5.41, 5.74) is 1.35. The molecule has 0 aliphatic rings. The number of rotatable bonds is 12. The van der Waals surface area contributed by atoms with Crippen LogP contribution in [0.5, 0.6) is 0 Å². The second kappa shape index (κ2) is 16.9. The van der Waals surface area contributed by atoms with Gasteiger partial charge in [0.15, 0.2) is 0 Å². The van der Waals surface area contributed by atoms with Crippen LogP contribution in [0.3, 0.4) is 0 Å². The van der Waals surface area contributed by atoms with Crippen LogP contribution in [-0.4, -0.2) is 63.7 Å². The van der Waals surface area contributed by atoms with Crippen molar-refractivity contribution >= 4 is 79.5 Å². The van der Waals surface area contributed by atoms with E-state index in [1.807, 2.05) is 48.5 Å². The van der Waals surface area contributed by atoms with Gasteiger partial charge in [-0.25, -0.2) is 16.8 Å². The molecular weight excluding hydrogens is 585 g/mol. The van der Waals surface area contributed by atoms with Gasteiger partial charge >= 0.3 is 37.7 Å². The van der Waals surface area contributed by atoms with Crippen LogP contribution < -0.4 is 0 Å². The van der Waals surface area contributed by atoms with Gasteiger partial charge in [-0.2, -0.15) is 0 Å². The third-order valence-corrected chi connectivity index (χ3v) is 8.94. The first-order valence-corrected chi connectivity index (χ1v) is 16.8. The first-order chi connectivity index (χ1) is 19.1. The molecule has 0 aromatic heterocycles. The van der Waals surface area contributed by atoms with E-state index in [0.717, 1.165) is 72.9 Å². The van der Waals surface area contributed by atoms with Crippen LogP contribution in [0.2, 0.25) is 0 Å². The van der Waals surface area contributed by atoms with Gasteiger partial charge in [-0.05, 0) is 70.5 Å². The minimum atomic E-state index is -4.42. The Balaban J connectivity index is 0.000000280. The third kappa shape index (κ3) is 10.3. The van der Waals surface area contributed by atoms with Gasteiger partial charge in [0.2, 0.25) is 0 Å². The maximum Gasteiger partial charge on any atom is 2.00 e. The molecule has 0 aliphatic carbocycles. The van der Waals surface area contributed by atoms with Crippen LogP contribution in [0, 0.1) is 0 Å². The third-order valence-electron chi connectivity index (χ3n) is 7.09. The van der Waals surface area contributed by atoms with Crippen LogP contribution in [0.15, 0.2) is 82.6 Å². The van der Waals surface area contributed by atoms with Crippen molar-refractivity contribution in [2.75, 3.05) is 0 Å². The average molecular weight is 623 g/mol. The minimum absolute atomic E-state index is 0. The molecule has 0 atom stereocenters. The first-order valence-electron chi connectivity index (χ1n) is 14.0. The maximum atomic E-state index is 11.4. The Labute approximate surface area is 275 Å². The normalized spacial score (nSPS) is 11.6. The molecule has 4 aromatic carbocycles. The standard InChI is InChI=1S/2C16H20O3S.Ca/c2*1-2-3-4-5-10-15-14-9-7-6-8-13(14)11-12-16(15)20(17,18)19;/h2*6-9,11-12H,2-5,10H2,1H3,(H,17,18,19);/q;;+2/p-2. The van der Waals surface area contributed by atoms with Crippen molar-refractivity contribution in [1.82, 2.24) is 0 Å². The Morgan fingerprint density at radius 2 is 0.878 bits per heavy atom. The van der Waals surface area contributed by atoms with Crippen LogP contribution in [0.4, 0.5) is 0 Å². The maximum absolute atomic E-state index is 11.4. The molecule has 9 heteroatoms. The van der Waals surface area contributed by atoms with E-state index in [-0.39, 0.29) is 47.5 Å². The molecule has 0 radical (unpaired) electrons. The Morgan fingerprint density at radius 3 is 1.22 bits per heavy atom. The van der Waals surface area contributed by atoms with Crippen LogP contribution in [0.25, 0.3) is 21.5 Å². The molecule has 0 aliphatic heterocycles. The number of hydrogen-bond acceptors (Lipinski definition) is 6. The fraction of sp³-hybridized carbons (Fsp3) is 0.375. The molecule has 0 saturated carbocycles. The topological polar surface area (TPSA) is 114 Å². The Hall–Kier alpha value is -1.52. The Bertz CT molecular complexity index is 1510. The number of unbranched alkanes of at least 4 members (excludes halogenated alkanes) is 6. The van der Waals surface area contributed by atoms with Crippen molar-refractivity contribution in [3.63, 3.8) is 0 Å². The summed E-state index contributed by atoms with van der Waals surface area (Å²) < 4.78 is 68.6. The largest absolute Gasteiger partial charge is 2.00 e. The average Bonchev–Trinajstić information content (AvgIpc) is 2.92. The second-order valence-electron chi connectivity index (χ2n) is 10.1. The van der Waals surface area contributed by atoms with Gasteiger partial charge in [0.1, 0.15) is 20.2 Å². The van der Waals surface area contributed by atoms with Crippen LogP contribution in [0.1, 0.15) is 76.3 Å². The van der Waals surface area contributed by atoms with E-state index in [2.05, 4.69) is 13.8 Å². The number of fused-ring (bicyclic) bond motifs is 2. The molecule has 0 spiro atoms. The van der Waals surface area contributed by atoms with Crippen LogP contribution in [-0.2, 0) is 33.1 Å². The van der Waals surface area contributed by atoms with E-state index < -0.39 is 20.2 Å². The zero-order chi connectivity index (χ0) is 29.2. The fourth-order valence-electron chi connectivity index (χ4n) is 5.07. The molecule has 216 valence electrons. The minimum Gasteiger partial charge on any atom is -0.744 e. The first kappa shape index (κ1) is 35.7. The van der Waals surface area contributed by atoms with Gasteiger partial charge in [-0.15, -0.1) is 0 Å². The summed E-state index contributed by atoms with van der Waals surface area (Å²) in [7, 11) is -8.84. The summed E-state index contributed by atoms with van der Waals surface area (Å²) in [4.78, 5) is -0.125. The zero-order valence-electron chi connectivity index (χ0n) is 24.0. The van der Waals surface area contributed by atoms with Crippen molar-refractivity contribution in [2.45, 2.75) is 87.8 Å². The predicted molar refractivity (Wildman–Crippen MR) is 165 cm³/mol. The molecule has 0 saturated heterocycles. The Morgan fingerprint density at radius 1 is 0.512 bits per heavy atom. The molecule has 4 aromatic rings. The molecule has 0 heterocycles. The smallest absolute Gasteiger partial charge is 0.744 e. The van der Waals surface area contributed by atoms with E-state index in [9.17, 15) is 25.9 Å². The van der Waals surface area contributed by atoms with Gasteiger partial charge in [0, 0.05) is 0 Å². The van der Waals surface area contributed by atoms with Crippen molar-refractivity contribution in [3.8, 4) is 0 Å². The summed E-state index contributed by atoms with van der Waals surface area (Å²) in [6.45, 7) is 4.26. The monoisotopic (exact) mass is 622 g/mol. The van der Waals surface area contributed by atoms with Crippen LogP contribution >= 0.6 is 0 Å². The second-order valence-corrected chi connectivity index (χ2v) is 12.8. The molecule has 0 amide bonds. The van der Waals surface area contributed by atoms with Gasteiger partial charge in [-0.1, -0.05) is 113 Å². The van der Waals surface area contributed by atoms with Gasteiger partial charge in [0.05, 0.1) is 9.79 Å².